The maximum absolute atomic E-state index is 12.2. The summed E-state index contributed by atoms with van der Waals surface area (Å²) in [5.74, 6) is 0.00845. The Morgan fingerprint density at radius 1 is 1.12 bits per heavy atom. The fourth-order valence-electron chi connectivity index (χ4n) is 2.52. The van der Waals surface area contributed by atoms with Crippen LogP contribution in [0, 0.1) is 0 Å². The van der Waals surface area contributed by atoms with Crippen molar-refractivity contribution in [1.29, 1.82) is 0 Å². The predicted molar refractivity (Wildman–Crippen MR) is 91.8 cm³/mol. The van der Waals surface area contributed by atoms with E-state index < -0.39 is 5.97 Å². The molecule has 0 saturated carbocycles. The van der Waals surface area contributed by atoms with Gasteiger partial charge in [-0.15, -0.1) is 0 Å². The Morgan fingerprint density at radius 2 is 1.76 bits per heavy atom. The molecule has 0 aromatic heterocycles. The lowest BCUT2D eigenvalue weighted by Crippen LogP contribution is -2.29. The summed E-state index contributed by atoms with van der Waals surface area (Å²) in [5, 5.41) is 15.8. The number of amidine groups is 1. The second-order valence-electron chi connectivity index (χ2n) is 5.55. The number of methoxy groups -OCH3 is 1. The number of benzene rings is 2. The van der Waals surface area contributed by atoms with E-state index in [0.717, 1.165) is 5.56 Å². The summed E-state index contributed by atoms with van der Waals surface area (Å²) in [6.45, 7) is 0. The van der Waals surface area contributed by atoms with Crippen molar-refractivity contribution in [3.8, 4) is 5.75 Å². The number of rotatable bonds is 4. The van der Waals surface area contributed by atoms with E-state index in [1.165, 1.54) is 0 Å². The first-order valence-corrected chi connectivity index (χ1v) is 7.67. The van der Waals surface area contributed by atoms with E-state index in [1.807, 2.05) is 0 Å². The van der Waals surface area contributed by atoms with Crippen LogP contribution < -0.4 is 15.5 Å². The molecule has 3 N–H and O–H groups in total. The highest BCUT2D eigenvalue weighted by Gasteiger charge is 2.22. The zero-order chi connectivity index (χ0) is 17.8. The Balaban J connectivity index is 1.60. The molecule has 0 aliphatic carbocycles. The third-order valence-corrected chi connectivity index (χ3v) is 3.92. The van der Waals surface area contributed by atoms with Gasteiger partial charge < -0.3 is 20.6 Å². The number of nitrogens with one attached hydrogen (secondary N) is 2. The number of hydrogen-bond acceptors (Lipinski definition) is 5. The van der Waals surface area contributed by atoms with E-state index in [4.69, 9.17) is 9.84 Å². The molecule has 1 atom stereocenters. The minimum atomic E-state index is -0.963. The predicted octanol–water partition coefficient (Wildman–Crippen LogP) is 2.17. The molecule has 1 aliphatic heterocycles. The topological polar surface area (TPSA) is 100 Å². The molecule has 1 aliphatic rings. The van der Waals surface area contributed by atoms with Crippen LogP contribution in [0.3, 0.4) is 0 Å². The fourth-order valence-corrected chi connectivity index (χ4v) is 2.52. The van der Waals surface area contributed by atoms with Crippen molar-refractivity contribution in [2.24, 2.45) is 5.10 Å². The van der Waals surface area contributed by atoms with Gasteiger partial charge >= 0.3 is 5.97 Å². The number of hydrazone groups is 1. The molecule has 1 heterocycles. The van der Waals surface area contributed by atoms with E-state index in [9.17, 15) is 9.59 Å². The number of ether oxygens (including phenoxy) is 1. The summed E-state index contributed by atoms with van der Waals surface area (Å²) >= 11 is 0. The second-order valence-corrected chi connectivity index (χ2v) is 5.55. The molecule has 0 spiro atoms. The third-order valence-electron chi connectivity index (χ3n) is 3.92. The molecule has 2 aromatic carbocycles. The number of carboxylic acid groups (broad SMARTS) is 1. The number of hydrogen-bond donors (Lipinski definition) is 3. The van der Waals surface area contributed by atoms with Crippen molar-refractivity contribution in [3.05, 3.63) is 65.2 Å². The number of carboxylic acids is 1. The van der Waals surface area contributed by atoms with Crippen LogP contribution in [0.25, 0.3) is 0 Å². The maximum Gasteiger partial charge on any atom is 0.335 e. The Labute approximate surface area is 144 Å². The normalized spacial score (nSPS) is 15.9. The first-order chi connectivity index (χ1) is 12.1. The minimum absolute atomic E-state index is 0.103. The van der Waals surface area contributed by atoms with Crippen molar-refractivity contribution in [1.82, 2.24) is 10.7 Å². The molecule has 3 rings (SSSR count). The number of carbonyl (C=O) groups is 2. The van der Waals surface area contributed by atoms with Crippen molar-refractivity contribution < 1.29 is 19.4 Å². The molecule has 128 valence electrons. The van der Waals surface area contributed by atoms with Gasteiger partial charge in [0, 0.05) is 12.0 Å². The molecular weight excluding hydrogens is 322 g/mol. The molecule has 0 bridgehead atoms. The van der Waals surface area contributed by atoms with Crippen LogP contribution in [-0.4, -0.2) is 29.9 Å². The summed E-state index contributed by atoms with van der Waals surface area (Å²) in [7, 11) is 1.57. The molecule has 7 heteroatoms. The molecule has 1 unspecified atom stereocenters. The molecular formula is C18H17N3O4. The number of nitrogens with zero attached hydrogens (tertiary/aromatic N) is 1. The van der Waals surface area contributed by atoms with Gasteiger partial charge in [-0.05, 0) is 42.0 Å². The standard InChI is InChI=1S/C18H17N3O4/c1-25-14-8-6-12(7-9-14)17(22)19-16-10-15(20-21-16)11-2-4-13(5-3-11)18(23)24/h2-9,15,20H,10H2,1H3,(H,23,24)(H,19,21,22). The lowest BCUT2D eigenvalue weighted by atomic mass is 10.0. The van der Waals surface area contributed by atoms with Crippen molar-refractivity contribution >= 4 is 17.7 Å². The van der Waals surface area contributed by atoms with E-state index in [-0.39, 0.29) is 17.5 Å². The van der Waals surface area contributed by atoms with Crippen LogP contribution in [0.5, 0.6) is 5.75 Å². The van der Waals surface area contributed by atoms with Gasteiger partial charge in [-0.2, -0.15) is 5.10 Å². The van der Waals surface area contributed by atoms with E-state index in [0.29, 0.717) is 23.6 Å². The molecule has 0 radical (unpaired) electrons. The Hall–Kier alpha value is -3.35. The van der Waals surface area contributed by atoms with Crippen molar-refractivity contribution in [2.45, 2.75) is 12.5 Å². The van der Waals surface area contributed by atoms with E-state index in [2.05, 4.69) is 15.8 Å². The highest BCUT2D eigenvalue weighted by atomic mass is 16.5. The summed E-state index contributed by atoms with van der Waals surface area (Å²) in [5.41, 5.74) is 4.60. The molecule has 2 aromatic rings. The van der Waals surface area contributed by atoms with Crippen molar-refractivity contribution in [3.63, 3.8) is 0 Å². The van der Waals surface area contributed by atoms with Gasteiger partial charge in [0.25, 0.3) is 5.91 Å². The first-order valence-electron chi connectivity index (χ1n) is 7.67. The van der Waals surface area contributed by atoms with Gasteiger partial charge in [0.1, 0.15) is 11.6 Å². The number of amides is 1. The summed E-state index contributed by atoms with van der Waals surface area (Å²) < 4.78 is 5.07. The van der Waals surface area contributed by atoms with Gasteiger partial charge in [0.2, 0.25) is 0 Å². The molecule has 25 heavy (non-hydrogen) atoms. The highest BCUT2D eigenvalue weighted by molar-refractivity contribution is 6.06. The first kappa shape index (κ1) is 16.5. The SMILES string of the molecule is COc1ccc(C(=O)NC2=NNC(c3ccc(C(=O)O)cc3)C2)cc1. The zero-order valence-corrected chi connectivity index (χ0v) is 13.5. The quantitative estimate of drug-likeness (QED) is 0.793. The largest absolute Gasteiger partial charge is 0.497 e. The lowest BCUT2D eigenvalue weighted by Gasteiger charge is -2.10. The van der Waals surface area contributed by atoms with Crippen LogP contribution in [-0.2, 0) is 0 Å². The Morgan fingerprint density at radius 3 is 2.36 bits per heavy atom. The van der Waals surface area contributed by atoms with Crippen LogP contribution in [0.4, 0.5) is 0 Å². The Kier molecular flexibility index (Phi) is 4.65. The van der Waals surface area contributed by atoms with Crippen LogP contribution >= 0.6 is 0 Å². The number of aromatic carboxylic acids is 1. The number of carbonyl (C=O) groups excluding carboxylic acids is 1. The van der Waals surface area contributed by atoms with Crippen LogP contribution in [0.2, 0.25) is 0 Å². The van der Waals surface area contributed by atoms with Gasteiger partial charge in [0.05, 0.1) is 18.7 Å². The van der Waals surface area contributed by atoms with Crippen LogP contribution in [0.15, 0.2) is 53.6 Å². The van der Waals surface area contributed by atoms with Crippen molar-refractivity contribution in [2.75, 3.05) is 7.11 Å². The lowest BCUT2D eigenvalue weighted by molar-refractivity contribution is 0.0696. The third kappa shape index (κ3) is 3.77. The van der Waals surface area contributed by atoms with Gasteiger partial charge in [0.15, 0.2) is 0 Å². The average molecular weight is 339 g/mol. The van der Waals surface area contributed by atoms with E-state index >= 15 is 0 Å². The summed E-state index contributed by atoms with van der Waals surface area (Å²) in [6, 6.07) is 13.3. The monoisotopic (exact) mass is 339 g/mol. The molecule has 0 saturated heterocycles. The van der Waals surface area contributed by atoms with E-state index in [1.54, 1.807) is 55.6 Å². The Bertz CT molecular complexity index is 813. The average Bonchev–Trinajstić information content (AvgIpc) is 3.10. The fraction of sp³-hybridized carbons (Fsp3) is 0.167. The van der Waals surface area contributed by atoms with Crippen LogP contribution in [0.1, 0.15) is 38.7 Å². The maximum atomic E-state index is 12.2. The van der Waals surface area contributed by atoms with Gasteiger partial charge in [-0.3, -0.25) is 4.79 Å². The summed E-state index contributed by atoms with van der Waals surface area (Å²) in [6.07, 6.45) is 0.508. The van der Waals surface area contributed by atoms with Gasteiger partial charge in [-0.25, -0.2) is 4.79 Å². The molecule has 7 nitrogen and oxygen atoms in total. The molecule has 1 amide bonds. The summed E-state index contributed by atoms with van der Waals surface area (Å²) in [4.78, 5) is 23.1. The highest BCUT2D eigenvalue weighted by Crippen LogP contribution is 2.21. The van der Waals surface area contributed by atoms with Gasteiger partial charge in [-0.1, -0.05) is 12.1 Å². The second kappa shape index (κ2) is 7.04. The smallest absolute Gasteiger partial charge is 0.335 e. The minimum Gasteiger partial charge on any atom is -0.497 e. The zero-order valence-electron chi connectivity index (χ0n) is 13.5. The molecule has 0 fully saturated rings.